The summed E-state index contributed by atoms with van der Waals surface area (Å²) in [6, 6.07) is 8.18. The largest absolute Gasteiger partial charge is 0.330 e. The predicted octanol–water partition coefficient (Wildman–Crippen LogP) is 4.36. The van der Waals surface area contributed by atoms with E-state index in [-0.39, 0.29) is 0 Å². The number of aryl methyl sites for hydroxylation is 2. The van der Waals surface area contributed by atoms with E-state index in [1.165, 1.54) is 23.4 Å². The number of nitriles is 1. The maximum Gasteiger partial charge on any atom is 0.187 e. The van der Waals surface area contributed by atoms with Crippen LogP contribution in [0.3, 0.4) is 0 Å². The van der Waals surface area contributed by atoms with Gasteiger partial charge in [0.25, 0.3) is 0 Å². The molecule has 1 aromatic heterocycles. The summed E-state index contributed by atoms with van der Waals surface area (Å²) in [5.41, 5.74) is 2.79. The van der Waals surface area contributed by atoms with Crippen LogP contribution in [0.15, 0.2) is 23.1 Å². The average molecular weight is 301 g/mol. The van der Waals surface area contributed by atoms with Gasteiger partial charge in [-0.2, -0.15) is 5.26 Å². The zero-order valence-corrected chi connectivity index (χ0v) is 12.9. The Balaban J connectivity index is 1.91. The zero-order chi connectivity index (χ0) is 13.9. The van der Waals surface area contributed by atoms with Gasteiger partial charge in [-0.05, 0) is 44.1 Å². The van der Waals surface area contributed by atoms with Crippen LogP contribution in [0, 0.1) is 11.3 Å². The van der Waals surface area contributed by atoms with Gasteiger partial charge < -0.3 is 5.32 Å². The van der Waals surface area contributed by atoms with E-state index >= 15 is 0 Å². The van der Waals surface area contributed by atoms with Crippen molar-refractivity contribution in [2.24, 2.45) is 0 Å². The Labute approximate surface area is 127 Å². The average Bonchev–Trinajstić information content (AvgIpc) is 2.89. The molecule has 102 valence electrons. The number of nitrogens with zero attached hydrogens (tertiary/aromatic N) is 2. The molecular formula is C15H15N3S2. The molecule has 0 bridgehead atoms. The summed E-state index contributed by atoms with van der Waals surface area (Å²) in [6.45, 7) is 0. The van der Waals surface area contributed by atoms with Crippen LogP contribution in [-0.2, 0) is 12.8 Å². The van der Waals surface area contributed by atoms with E-state index in [1.807, 2.05) is 24.5 Å². The Bertz CT molecular complexity index is 647. The van der Waals surface area contributed by atoms with Gasteiger partial charge in [-0.3, -0.25) is 0 Å². The van der Waals surface area contributed by atoms with Gasteiger partial charge in [-0.15, -0.1) is 23.1 Å². The molecule has 20 heavy (non-hydrogen) atoms. The van der Waals surface area contributed by atoms with E-state index in [1.54, 1.807) is 23.1 Å². The first-order valence-electron chi connectivity index (χ1n) is 6.64. The predicted molar refractivity (Wildman–Crippen MR) is 85.0 cm³/mol. The molecule has 2 aromatic rings. The van der Waals surface area contributed by atoms with Crippen molar-refractivity contribution in [3.8, 4) is 6.07 Å². The molecule has 1 aliphatic carbocycles. The van der Waals surface area contributed by atoms with Crippen molar-refractivity contribution in [2.45, 2.75) is 30.6 Å². The van der Waals surface area contributed by atoms with E-state index in [0.717, 1.165) is 28.6 Å². The molecule has 0 unspecified atom stereocenters. The summed E-state index contributed by atoms with van der Waals surface area (Å²) >= 11 is 3.32. The minimum absolute atomic E-state index is 0.702. The molecule has 1 N–H and O–H groups in total. The number of rotatable bonds is 3. The molecule has 3 nitrogen and oxygen atoms in total. The summed E-state index contributed by atoms with van der Waals surface area (Å²) in [5, 5.41) is 13.6. The molecule has 0 amide bonds. The number of hydrogen-bond donors (Lipinski definition) is 1. The monoisotopic (exact) mass is 301 g/mol. The highest BCUT2D eigenvalue weighted by molar-refractivity contribution is 7.98. The Morgan fingerprint density at radius 1 is 1.35 bits per heavy atom. The lowest BCUT2D eigenvalue weighted by Gasteiger charge is -2.07. The number of fused-ring (bicyclic) bond motifs is 1. The molecule has 0 saturated carbocycles. The third kappa shape index (κ3) is 2.54. The second kappa shape index (κ2) is 5.86. The van der Waals surface area contributed by atoms with Gasteiger partial charge in [0.15, 0.2) is 5.13 Å². The van der Waals surface area contributed by atoms with E-state index in [4.69, 9.17) is 0 Å². The van der Waals surface area contributed by atoms with Crippen LogP contribution < -0.4 is 5.32 Å². The molecule has 1 aromatic carbocycles. The van der Waals surface area contributed by atoms with Crippen molar-refractivity contribution in [3.05, 3.63) is 34.3 Å². The van der Waals surface area contributed by atoms with Gasteiger partial charge >= 0.3 is 0 Å². The van der Waals surface area contributed by atoms with Crippen molar-refractivity contribution >= 4 is 33.9 Å². The lowest BCUT2D eigenvalue weighted by atomic mass is 10.0. The fourth-order valence-corrected chi connectivity index (χ4v) is 4.08. The summed E-state index contributed by atoms with van der Waals surface area (Å²) in [5.74, 6) is 0. The number of thioether (sulfide) groups is 1. The Hall–Kier alpha value is -1.51. The number of aromatic nitrogens is 1. The second-order valence-electron chi connectivity index (χ2n) is 4.72. The van der Waals surface area contributed by atoms with Gasteiger partial charge in [0.05, 0.1) is 16.9 Å². The number of hydrogen-bond acceptors (Lipinski definition) is 5. The van der Waals surface area contributed by atoms with Crippen LogP contribution in [0.2, 0.25) is 0 Å². The molecule has 0 spiro atoms. The maximum absolute atomic E-state index is 9.35. The van der Waals surface area contributed by atoms with Gasteiger partial charge in [0, 0.05) is 9.77 Å². The van der Waals surface area contributed by atoms with Crippen LogP contribution >= 0.6 is 23.1 Å². The SMILES string of the molecule is CSc1cccc(Nc2nc3c(s2)CCCC3)c1C#N. The van der Waals surface area contributed by atoms with Crippen LogP contribution in [0.1, 0.15) is 29.0 Å². The maximum atomic E-state index is 9.35. The van der Waals surface area contributed by atoms with E-state index in [9.17, 15) is 5.26 Å². The molecule has 5 heteroatoms. The normalized spacial score (nSPS) is 13.6. The van der Waals surface area contributed by atoms with Crippen LogP contribution in [0.5, 0.6) is 0 Å². The van der Waals surface area contributed by atoms with Crippen molar-refractivity contribution in [2.75, 3.05) is 11.6 Å². The molecule has 0 saturated heterocycles. The third-order valence-corrected chi connectivity index (χ3v) is 5.30. The molecular weight excluding hydrogens is 286 g/mol. The highest BCUT2D eigenvalue weighted by atomic mass is 32.2. The van der Waals surface area contributed by atoms with Crippen LogP contribution in [-0.4, -0.2) is 11.2 Å². The fraction of sp³-hybridized carbons (Fsp3) is 0.333. The number of nitrogens with one attached hydrogen (secondary N) is 1. The third-order valence-electron chi connectivity index (χ3n) is 3.45. The summed E-state index contributed by atoms with van der Waals surface area (Å²) in [7, 11) is 0. The smallest absolute Gasteiger partial charge is 0.187 e. The fourth-order valence-electron chi connectivity index (χ4n) is 2.44. The Kier molecular flexibility index (Phi) is 3.95. The van der Waals surface area contributed by atoms with Crippen LogP contribution in [0.25, 0.3) is 0 Å². The first-order chi connectivity index (χ1) is 9.81. The van der Waals surface area contributed by atoms with E-state index in [2.05, 4.69) is 16.4 Å². The summed E-state index contributed by atoms with van der Waals surface area (Å²) in [6.07, 6.45) is 6.72. The quantitative estimate of drug-likeness (QED) is 0.856. The summed E-state index contributed by atoms with van der Waals surface area (Å²) < 4.78 is 0. The zero-order valence-electron chi connectivity index (χ0n) is 11.3. The molecule has 0 aliphatic heterocycles. The van der Waals surface area contributed by atoms with Crippen molar-refractivity contribution in [3.63, 3.8) is 0 Å². The molecule has 0 fully saturated rings. The standard InChI is InChI=1S/C15H15N3S2/c1-19-13-8-4-6-11(10(13)9-16)17-15-18-12-5-2-3-7-14(12)20-15/h4,6,8H,2-3,5,7H2,1H3,(H,17,18). The molecule has 0 atom stereocenters. The Morgan fingerprint density at radius 3 is 2.95 bits per heavy atom. The number of benzene rings is 1. The first kappa shape index (κ1) is 13.5. The van der Waals surface area contributed by atoms with Crippen molar-refractivity contribution in [1.82, 2.24) is 4.98 Å². The lowest BCUT2D eigenvalue weighted by Crippen LogP contribution is -1.99. The molecule has 0 radical (unpaired) electrons. The molecule has 1 aliphatic rings. The second-order valence-corrected chi connectivity index (χ2v) is 6.65. The number of anilines is 2. The highest BCUT2D eigenvalue weighted by Gasteiger charge is 2.16. The first-order valence-corrected chi connectivity index (χ1v) is 8.68. The molecule has 3 rings (SSSR count). The van der Waals surface area contributed by atoms with E-state index < -0.39 is 0 Å². The van der Waals surface area contributed by atoms with Crippen molar-refractivity contribution < 1.29 is 0 Å². The summed E-state index contributed by atoms with van der Waals surface area (Å²) in [4.78, 5) is 7.07. The van der Waals surface area contributed by atoms with E-state index in [0.29, 0.717) is 5.56 Å². The number of thiazole rings is 1. The molecule has 1 heterocycles. The minimum atomic E-state index is 0.702. The van der Waals surface area contributed by atoms with Gasteiger partial charge in [0.1, 0.15) is 6.07 Å². The lowest BCUT2D eigenvalue weighted by molar-refractivity contribution is 0.683. The minimum Gasteiger partial charge on any atom is -0.330 e. The Morgan fingerprint density at radius 2 is 2.20 bits per heavy atom. The van der Waals surface area contributed by atoms with Gasteiger partial charge in [0.2, 0.25) is 0 Å². The van der Waals surface area contributed by atoms with Crippen LogP contribution in [0.4, 0.5) is 10.8 Å². The van der Waals surface area contributed by atoms with Gasteiger partial charge in [-0.1, -0.05) is 6.07 Å². The highest BCUT2D eigenvalue weighted by Crippen LogP contribution is 2.33. The van der Waals surface area contributed by atoms with Gasteiger partial charge in [-0.25, -0.2) is 4.98 Å². The topological polar surface area (TPSA) is 48.7 Å². The van der Waals surface area contributed by atoms with Crippen molar-refractivity contribution in [1.29, 1.82) is 5.26 Å².